The predicted molar refractivity (Wildman–Crippen MR) is 93.9 cm³/mol. The summed E-state index contributed by atoms with van der Waals surface area (Å²) in [6, 6.07) is 7.53. The van der Waals surface area contributed by atoms with Gasteiger partial charge in [-0.2, -0.15) is 4.31 Å². The molecule has 9 heteroatoms. The third-order valence-electron chi connectivity index (χ3n) is 3.78. The van der Waals surface area contributed by atoms with Gasteiger partial charge in [0.1, 0.15) is 6.61 Å². The molecule has 1 aliphatic rings. The Morgan fingerprint density at radius 3 is 2.54 bits per heavy atom. The smallest absolute Gasteiger partial charge is 0.246 e. The van der Waals surface area contributed by atoms with E-state index in [1.807, 2.05) is 24.3 Å². The van der Waals surface area contributed by atoms with Gasteiger partial charge in [-0.15, -0.1) is 0 Å². The molecule has 1 fully saturated rings. The molecule has 1 heterocycles. The Morgan fingerprint density at radius 2 is 1.92 bits per heavy atom. The molecule has 1 amide bonds. The zero-order valence-corrected chi connectivity index (χ0v) is 15.1. The lowest BCUT2D eigenvalue weighted by Gasteiger charge is -2.35. The van der Waals surface area contributed by atoms with Gasteiger partial charge in [0.25, 0.3) is 0 Å². The average molecular weight is 376 g/mol. The first-order valence-corrected chi connectivity index (χ1v) is 9.65. The van der Waals surface area contributed by atoms with E-state index < -0.39 is 10.0 Å². The van der Waals surface area contributed by atoms with Crippen LogP contribution in [0.1, 0.15) is 0 Å². The number of piperazine rings is 1. The highest BCUT2D eigenvalue weighted by Gasteiger charge is 2.27. The Morgan fingerprint density at radius 1 is 1.25 bits per heavy atom. The van der Waals surface area contributed by atoms with Crippen LogP contribution in [0.15, 0.2) is 24.3 Å². The summed E-state index contributed by atoms with van der Waals surface area (Å²) in [5, 5.41) is 3.18. The number of sulfonamides is 1. The minimum Gasteiger partial charge on any atom is -0.375 e. The topological polar surface area (TPSA) is 78.9 Å². The molecule has 1 saturated heterocycles. The van der Waals surface area contributed by atoms with Crippen molar-refractivity contribution in [2.75, 3.05) is 57.1 Å². The van der Waals surface area contributed by atoms with Crippen molar-refractivity contribution in [3.05, 3.63) is 29.3 Å². The molecule has 1 aromatic carbocycles. The second kappa shape index (κ2) is 8.66. The van der Waals surface area contributed by atoms with E-state index in [1.54, 1.807) is 0 Å². The van der Waals surface area contributed by atoms with Crippen LogP contribution in [-0.2, 0) is 19.6 Å². The van der Waals surface area contributed by atoms with Crippen LogP contribution in [0.2, 0.25) is 5.02 Å². The van der Waals surface area contributed by atoms with Crippen molar-refractivity contribution in [1.29, 1.82) is 0 Å². The van der Waals surface area contributed by atoms with Crippen LogP contribution >= 0.6 is 11.6 Å². The highest BCUT2D eigenvalue weighted by molar-refractivity contribution is 7.89. The number of rotatable bonds is 7. The van der Waals surface area contributed by atoms with Crippen LogP contribution in [0.5, 0.6) is 0 Å². The van der Waals surface area contributed by atoms with Crippen molar-refractivity contribution < 1.29 is 17.9 Å². The summed E-state index contributed by atoms with van der Waals surface area (Å²) in [7, 11) is -1.98. The molecule has 24 heavy (non-hydrogen) atoms. The normalized spacial score (nSPS) is 16.2. The van der Waals surface area contributed by atoms with Crippen molar-refractivity contribution in [3.63, 3.8) is 0 Å². The van der Waals surface area contributed by atoms with Gasteiger partial charge in [0, 0.05) is 39.8 Å². The summed E-state index contributed by atoms with van der Waals surface area (Å²) in [5.74, 6) is -0.439. The van der Waals surface area contributed by atoms with Gasteiger partial charge in [0.05, 0.1) is 16.5 Å². The summed E-state index contributed by atoms with van der Waals surface area (Å²) < 4.78 is 30.8. The Balaban J connectivity index is 1.84. The number of nitrogens with zero attached hydrogens (tertiary/aromatic N) is 2. The number of carbonyl (C=O) groups is 1. The van der Waals surface area contributed by atoms with E-state index >= 15 is 0 Å². The molecular formula is C15H22ClN3O4S. The standard InChI is InChI=1S/C15H22ClN3O4S/c1-23-12-15(20)17-6-11-24(21,22)19-9-7-18(8-10-19)14-5-3-2-4-13(14)16/h2-5H,6-12H2,1H3,(H,17,20). The van der Waals surface area contributed by atoms with Crippen LogP contribution in [0.25, 0.3) is 0 Å². The molecular weight excluding hydrogens is 354 g/mol. The van der Waals surface area contributed by atoms with Gasteiger partial charge in [0.15, 0.2) is 0 Å². The van der Waals surface area contributed by atoms with E-state index in [2.05, 4.69) is 15.0 Å². The number of methoxy groups -OCH3 is 1. The Hall–Kier alpha value is -1.35. The number of halogens is 1. The first-order valence-electron chi connectivity index (χ1n) is 7.67. The molecule has 134 valence electrons. The summed E-state index contributed by atoms with van der Waals surface area (Å²) in [4.78, 5) is 13.4. The molecule has 0 bridgehead atoms. The van der Waals surface area contributed by atoms with Crippen molar-refractivity contribution >= 4 is 33.2 Å². The van der Waals surface area contributed by atoms with E-state index in [0.717, 1.165) is 5.69 Å². The highest BCUT2D eigenvalue weighted by atomic mass is 35.5. The number of nitrogens with one attached hydrogen (secondary N) is 1. The highest BCUT2D eigenvalue weighted by Crippen LogP contribution is 2.26. The third-order valence-corrected chi connectivity index (χ3v) is 5.97. The Kier molecular flexibility index (Phi) is 6.85. The van der Waals surface area contributed by atoms with Crippen molar-refractivity contribution in [3.8, 4) is 0 Å². The van der Waals surface area contributed by atoms with E-state index in [0.29, 0.717) is 31.2 Å². The fourth-order valence-corrected chi connectivity index (χ4v) is 4.14. The summed E-state index contributed by atoms with van der Waals surface area (Å²) in [6.07, 6.45) is 0. The van der Waals surface area contributed by atoms with Crippen molar-refractivity contribution in [1.82, 2.24) is 9.62 Å². The summed E-state index contributed by atoms with van der Waals surface area (Å²) in [6.45, 7) is 1.98. The number of amides is 1. The molecule has 2 rings (SSSR count). The van der Waals surface area contributed by atoms with Gasteiger partial charge in [-0.3, -0.25) is 4.79 Å². The zero-order valence-electron chi connectivity index (χ0n) is 13.6. The number of anilines is 1. The van der Waals surface area contributed by atoms with Crippen molar-refractivity contribution in [2.45, 2.75) is 0 Å². The molecule has 1 aliphatic heterocycles. The largest absolute Gasteiger partial charge is 0.375 e. The minimum absolute atomic E-state index is 0.0729. The van der Waals surface area contributed by atoms with E-state index in [1.165, 1.54) is 11.4 Å². The lowest BCUT2D eigenvalue weighted by Crippen LogP contribution is -2.50. The molecule has 0 radical (unpaired) electrons. The predicted octanol–water partition coefficient (Wildman–Crippen LogP) is 0.554. The van der Waals surface area contributed by atoms with Crippen LogP contribution in [0, 0.1) is 0 Å². The van der Waals surface area contributed by atoms with Gasteiger partial charge in [-0.1, -0.05) is 23.7 Å². The molecule has 0 saturated carbocycles. The number of benzene rings is 1. The molecule has 0 spiro atoms. The van der Waals surface area contributed by atoms with Crippen LogP contribution in [-0.4, -0.2) is 70.8 Å². The quantitative estimate of drug-likeness (QED) is 0.753. The molecule has 0 unspecified atom stereocenters. The van der Waals surface area contributed by atoms with Crippen LogP contribution in [0.3, 0.4) is 0 Å². The second-order valence-corrected chi connectivity index (χ2v) is 7.93. The number of hydrogen-bond donors (Lipinski definition) is 1. The maximum atomic E-state index is 12.3. The lowest BCUT2D eigenvalue weighted by molar-refractivity contribution is -0.124. The summed E-state index contributed by atoms with van der Waals surface area (Å²) in [5.41, 5.74) is 0.919. The maximum Gasteiger partial charge on any atom is 0.246 e. The van der Waals surface area contributed by atoms with Crippen LogP contribution < -0.4 is 10.2 Å². The first-order chi connectivity index (χ1) is 11.4. The molecule has 1 N–H and O–H groups in total. The van der Waals surface area contributed by atoms with E-state index in [9.17, 15) is 13.2 Å². The SMILES string of the molecule is COCC(=O)NCCS(=O)(=O)N1CCN(c2ccccc2Cl)CC1. The fraction of sp³-hybridized carbons (Fsp3) is 0.533. The molecule has 7 nitrogen and oxygen atoms in total. The molecule has 0 atom stereocenters. The number of hydrogen-bond acceptors (Lipinski definition) is 5. The van der Waals surface area contributed by atoms with Crippen LogP contribution in [0.4, 0.5) is 5.69 Å². The van der Waals surface area contributed by atoms with Crippen molar-refractivity contribution in [2.24, 2.45) is 0 Å². The maximum absolute atomic E-state index is 12.3. The lowest BCUT2D eigenvalue weighted by atomic mass is 10.2. The number of carbonyl (C=O) groups excluding carboxylic acids is 1. The number of ether oxygens (including phenoxy) is 1. The fourth-order valence-electron chi connectivity index (χ4n) is 2.55. The van der Waals surface area contributed by atoms with E-state index in [-0.39, 0.29) is 24.8 Å². The average Bonchev–Trinajstić information content (AvgIpc) is 2.55. The van der Waals surface area contributed by atoms with E-state index in [4.69, 9.17) is 11.6 Å². The van der Waals surface area contributed by atoms with Gasteiger partial charge in [-0.25, -0.2) is 8.42 Å². The second-order valence-electron chi connectivity index (χ2n) is 5.44. The Labute approximate surface area is 147 Å². The number of para-hydroxylation sites is 1. The minimum atomic E-state index is -3.39. The summed E-state index contributed by atoms with van der Waals surface area (Å²) >= 11 is 6.18. The van der Waals surface area contributed by atoms with Gasteiger partial charge in [-0.05, 0) is 12.1 Å². The molecule has 0 aliphatic carbocycles. The van der Waals surface area contributed by atoms with Gasteiger partial charge < -0.3 is 15.0 Å². The first kappa shape index (κ1) is 19.0. The zero-order chi connectivity index (χ0) is 17.6. The third kappa shape index (κ3) is 5.07. The monoisotopic (exact) mass is 375 g/mol. The van der Waals surface area contributed by atoms with Gasteiger partial charge >= 0.3 is 0 Å². The molecule has 0 aromatic heterocycles. The Bertz CT molecular complexity index is 660. The molecule has 1 aromatic rings. The van der Waals surface area contributed by atoms with Gasteiger partial charge in [0.2, 0.25) is 15.9 Å².